The molecule has 0 heterocycles. The van der Waals surface area contributed by atoms with Crippen molar-refractivity contribution < 1.29 is 14.3 Å². The van der Waals surface area contributed by atoms with Crippen LogP contribution in [0.3, 0.4) is 0 Å². The Bertz CT molecular complexity index is 273. The molecule has 2 unspecified atom stereocenters. The van der Waals surface area contributed by atoms with Gasteiger partial charge in [0, 0.05) is 13.0 Å². The molecule has 0 bridgehead atoms. The zero-order valence-electron chi connectivity index (χ0n) is 12.2. The average molecular weight is 272 g/mol. The van der Waals surface area contributed by atoms with E-state index in [-0.39, 0.29) is 12.0 Å². The minimum atomic E-state index is -0.567. The van der Waals surface area contributed by atoms with E-state index in [1.165, 1.54) is 0 Å². The number of ether oxygens (including phenoxy) is 2. The van der Waals surface area contributed by atoms with Gasteiger partial charge in [0.25, 0.3) is 0 Å². The van der Waals surface area contributed by atoms with Gasteiger partial charge in [-0.25, -0.2) is 0 Å². The van der Waals surface area contributed by atoms with Crippen LogP contribution in [0.1, 0.15) is 46.0 Å². The fraction of sp³-hybridized carbons (Fsp3) is 0.929. The molecule has 0 spiro atoms. The lowest BCUT2D eigenvalue weighted by Crippen LogP contribution is -2.53. The van der Waals surface area contributed by atoms with Crippen LogP contribution in [0.25, 0.3) is 0 Å². The molecule has 5 heteroatoms. The molecule has 0 aromatic rings. The van der Waals surface area contributed by atoms with Crippen molar-refractivity contribution in [1.29, 1.82) is 0 Å². The average Bonchev–Trinajstić information content (AvgIpc) is 2.79. The molecular formula is C14H28N2O3. The molecular weight excluding hydrogens is 244 g/mol. The highest BCUT2D eigenvalue weighted by Crippen LogP contribution is 2.31. The quantitative estimate of drug-likeness (QED) is 0.586. The summed E-state index contributed by atoms with van der Waals surface area (Å²) in [5, 5.41) is 3.22. The maximum Gasteiger partial charge on any atom is 0.237 e. The third-order valence-corrected chi connectivity index (χ3v) is 3.68. The normalized spacial score (nSPS) is 26.7. The van der Waals surface area contributed by atoms with E-state index in [2.05, 4.69) is 12.2 Å². The molecule has 1 saturated carbocycles. The first-order valence-electron chi connectivity index (χ1n) is 7.39. The van der Waals surface area contributed by atoms with E-state index in [1.807, 2.05) is 6.92 Å². The molecule has 3 N–H and O–H groups in total. The molecule has 1 aliphatic rings. The third kappa shape index (κ3) is 5.09. The van der Waals surface area contributed by atoms with Gasteiger partial charge in [0.05, 0.1) is 19.3 Å². The first kappa shape index (κ1) is 16.4. The zero-order chi connectivity index (χ0) is 14.1. The first-order valence-corrected chi connectivity index (χ1v) is 7.39. The van der Waals surface area contributed by atoms with E-state index in [9.17, 15) is 4.79 Å². The van der Waals surface area contributed by atoms with E-state index >= 15 is 0 Å². The second kappa shape index (κ2) is 8.51. The number of nitrogens with one attached hydrogen (secondary N) is 1. The van der Waals surface area contributed by atoms with Gasteiger partial charge >= 0.3 is 0 Å². The molecule has 112 valence electrons. The van der Waals surface area contributed by atoms with Gasteiger partial charge in [-0.1, -0.05) is 20.3 Å². The Hall–Kier alpha value is -0.650. The Kier molecular flexibility index (Phi) is 7.34. The molecule has 1 rings (SSSR count). The number of hydrogen-bond donors (Lipinski definition) is 2. The van der Waals surface area contributed by atoms with Crippen LogP contribution in [0.15, 0.2) is 0 Å². The summed E-state index contributed by atoms with van der Waals surface area (Å²) in [7, 11) is 0. The van der Waals surface area contributed by atoms with Gasteiger partial charge in [0.1, 0.15) is 5.54 Å². The van der Waals surface area contributed by atoms with Gasteiger partial charge in [0.15, 0.2) is 0 Å². The predicted molar refractivity (Wildman–Crippen MR) is 74.9 cm³/mol. The molecule has 19 heavy (non-hydrogen) atoms. The van der Waals surface area contributed by atoms with E-state index in [0.717, 1.165) is 38.8 Å². The molecule has 5 nitrogen and oxygen atoms in total. The number of likely N-dealkylation sites (N-methyl/N-ethyl adjacent to an activating group) is 1. The first-order chi connectivity index (χ1) is 9.14. The largest absolute Gasteiger partial charge is 0.379 e. The van der Waals surface area contributed by atoms with E-state index in [4.69, 9.17) is 15.2 Å². The molecule has 0 aliphatic heterocycles. The highest BCUT2D eigenvalue weighted by Gasteiger charge is 2.43. The van der Waals surface area contributed by atoms with Crippen LogP contribution in [0.5, 0.6) is 0 Å². The van der Waals surface area contributed by atoms with Crippen LogP contribution in [0.2, 0.25) is 0 Å². The summed E-state index contributed by atoms with van der Waals surface area (Å²) in [6.07, 6.45) is 4.66. The Labute approximate surface area is 116 Å². The van der Waals surface area contributed by atoms with Gasteiger partial charge in [0.2, 0.25) is 5.91 Å². The fourth-order valence-electron chi connectivity index (χ4n) is 2.57. The maximum absolute atomic E-state index is 11.6. The van der Waals surface area contributed by atoms with E-state index < -0.39 is 5.54 Å². The molecule has 0 aromatic carbocycles. The summed E-state index contributed by atoms with van der Waals surface area (Å²) < 4.78 is 11.2. The van der Waals surface area contributed by atoms with Crippen molar-refractivity contribution in [2.75, 3.05) is 26.4 Å². The highest BCUT2D eigenvalue weighted by atomic mass is 16.5. The topological polar surface area (TPSA) is 73.6 Å². The van der Waals surface area contributed by atoms with Crippen molar-refractivity contribution in [2.24, 2.45) is 5.73 Å². The standard InChI is InChI=1S/C14H28N2O3/c1-3-5-8-18-9-10-19-12-6-7-14(11-12,13(15)17)16-4-2/h12,16H,3-11H2,1-2H3,(H2,15,17). The zero-order valence-corrected chi connectivity index (χ0v) is 12.2. The number of carbonyl (C=O) groups excluding carboxylic acids is 1. The molecule has 0 radical (unpaired) electrons. The SMILES string of the molecule is CCCCOCCOC1CCC(NCC)(C(N)=O)C1. The second-order valence-electron chi connectivity index (χ2n) is 5.18. The fourth-order valence-corrected chi connectivity index (χ4v) is 2.57. The van der Waals surface area contributed by atoms with Crippen LogP contribution in [-0.4, -0.2) is 43.9 Å². The number of hydrogen-bond acceptors (Lipinski definition) is 4. The van der Waals surface area contributed by atoms with Gasteiger partial charge in [-0.3, -0.25) is 4.79 Å². The van der Waals surface area contributed by atoms with Crippen molar-refractivity contribution in [3.05, 3.63) is 0 Å². The van der Waals surface area contributed by atoms with Crippen molar-refractivity contribution in [1.82, 2.24) is 5.32 Å². The Balaban J connectivity index is 2.21. The lowest BCUT2D eigenvalue weighted by molar-refractivity contribution is -0.124. The monoisotopic (exact) mass is 272 g/mol. The number of unbranched alkanes of at least 4 members (excludes halogenated alkanes) is 1. The van der Waals surface area contributed by atoms with Crippen LogP contribution >= 0.6 is 0 Å². The van der Waals surface area contributed by atoms with Crippen molar-refractivity contribution >= 4 is 5.91 Å². The summed E-state index contributed by atoms with van der Waals surface area (Å²) in [5.74, 6) is -0.264. The highest BCUT2D eigenvalue weighted by molar-refractivity contribution is 5.85. The van der Waals surface area contributed by atoms with Gasteiger partial charge in [-0.05, 0) is 25.8 Å². The van der Waals surface area contributed by atoms with E-state index in [0.29, 0.717) is 19.6 Å². The molecule has 2 atom stereocenters. The third-order valence-electron chi connectivity index (χ3n) is 3.68. The number of nitrogens with two attached hydrogens (primary N) is 1. The minimum absolute atomic E-state index is 0.112. The van der Waals surface area contributed by atoms with Crippen LogP contribution in [0.4, 0.5) is 0 Å². The summed E-state index contributed by atoms with van der Waals surface area (Å²) >= 11 is 0. The second-order valence-corrected chi connectivity index (χ2v) is 5.18. The molecule has 1 fully saturated rings. The minimum Gasteiger partial charge on any atom is -0.379 e. The lowest BCUT2D eigenvalue weighted by Gasteiger charge is -2.26. The summed E-state index contributed by atoms with van der Waals surface area (Å²) in [6, 6.07) is 0. The van der Waals surface area contributed by atoms with Gasteiger partial charge < -0.3 is 20.5 Å². The Morgan fingerprint density at radius 2 is 2.16 bits per heavy atom. The number of amides is 1. The van der Waals surface area contributed by atoms with E-state index in [1.54, 1.807) is 0 Å². The molecule has 1 aliphatic carbocycles. The summed E-state index contributed by atoms with van der Waals surface area (Å²) in [6.45, 7) is 6.89. The van der Waals surface area contributed by atoms with Crippen LogP contribution < -0.4 is 11.1 Å². The Morgan fingerprint density at radius 1 is 1.37 bits per heavy atom. The van der Waals surface area contributed by atoms with Crippen molar-refractivity contribution in [3.63, 3.8) is 0 Å². The number of primary amides is 1. The molecule has 0 saturated heterocycles. The van der Waals surface area contributed by atoms with Crippen LogP contribution in [0, 0.1) is 0 Å². The van der Waals surface area contributed by atoms with Gasteiger partial charge in [-0.2, -0.15) is 0 Å². The number of rotatable bonds is 10. The van der Waals surface area contributed by atoms with Crippen LogP contribution in [-0.2, 0) is 14.3 Å². The lowest BCUT2D eigenvalue weighted by atomic mass is 9.96. The number of carbonyl (C=O) groups is 1. The molecule has 0 aromatic heterocycles. The maximum atomic E-state index is 11.6. The van der Waals surface area contributed by atoms with Crippen molar-refractivity contribution in [2.45, 2.75) is 57.6 Å². The smallest absolute Gasteiger partial charge is 0.237 e. The van der Waals surface area contributed by atoms with Gasteiger partial charge in [-0.15, -0.1) is 0 Å². The summed E-state index contributed by atoms with van der Waals surface area (Å²) in [5.41, 5.74) is 4.94. The Morgan fingerprint density at radius 3 is 2.79 bits per heavy atom. The molecule has 1 amide bonds. The predicted octanol–water partition coefficient (Wildman–Crippen LogP) is 1.21. The summed E-state index contributed by atoms with van der Waals surface area (Å²) in [4.78, 5) is 11.6. The van der Waals surface area contributed by atoms with Crippen molar-refractivity contribution in [3.8, 4) is 0 Å².